The van der Waals surface area contributed by atoms with E-state index in [1.54, 1.807) is 0 Å². The van der Waals surface area contributed by atoms with Crippen LogP contribution in [0.25, 0.3) is 0 Å². The monoisotopic (exact) mass is 334 g/mol. The van der Waals surface area contributed by atoms with Crippen molar-refractivity contribution in [3.05, 3.63) is 11.8 Å². The lowest BCUT2D eigenvalue weighted by Gasteiger charge is -2.54. The third kappa shape index (κ3) is 3.84. The summed E-state index contributed by atoms with van der Waals surface area (Å²) in [6.45, 7) is 12.2. The summed E-state index contributed by atoms with van der Waals surface area (Å²) in [6, 6.07) is -0.418. The summed E-state index contributed by atoms with van der Waals surface area (Å²) in [5.41, 5.74) is 0.515. The molecule has 0 saturated carbocycles. The van der Waals surface area contributed by atoms with Crippen molar-refractivity contribution in [2.75, 3.05) is 0 Å². The highest BCUT2D eigenvalue weighted by atomic mass is 16.2. The van der Waals surface area contributed by atoms with E-state index >= 15 is 0 Å². The van der Waals surface area contributed by atoms with Crippen LogP contribution in [0.15, 0.2) is 11.8 Å². The zero-order chi connectivity index (χ0) is 18.1. The molecule has 2 rings (SSSR count). The van der Waals surface area contributed by atoms with Gasteiger partial charge in [0.15, 0.2) is 0 Å². The second-order valence-electron chi connectivity index (χ2n) is 9.03. The minimum Gasteiger partial charge on any atom is -0.328 e. The number of nitrogens with one attached hydrogen (secondary N) is 1. The molecule has 1 aliphatic carbocycles. The van der Waals surface area contributed by atoms with Crippen molar-refractivity contribution in [3.63, 3.8) is 0 Å². The number of hydrogen-bond donors (Lipinski definition) is 1. The Morgan fingerprint density at radius 2 is 1.83 bits per heavy atom. The summed E-state index contributed by atoms with van der Waals surface area (Å²) in [5.74, 6) is -0.0529. The molecule has 1 aliphatic heterocycles. The first kappa shape index (κ1) is 19.0. The fraction of sp³-hybridized carbons (Fsp3) is 0.800. The van der Waals surface area contributed by atoms with Gasteiger partial charge in [0.25, 0.3) is 0 Å². The van der Waals surface area contributed by atoms with Crippen LogP contribution in [0.4, 0.5) is 0 Å². The molecule has 1 N–H and O–H groups in total. The number of hydrogen-bond acceptors (Lipinski definition) is 2. The fourth-order valence-electron chi connectivity index (χ4n) is 3.94. The summed E-state index contributed by atoms with van der Waals surface area (Å²) in [7, 11) is 0. The summed E-state index contributed by atoms with van der Waals surface area (Å²) in [6.07, 6.45) is 8.28. The van der Waals surface area contributed by atoms with Crippen LogP contribution in [0.5, 0.6) is 0 Å². The number of nitrogens with zero attached hydrogens (tertiary/aromatic N) is 1. The molecule has 1 atom stereocenters. The first-order valence-corrected chi connectivity index (χ1v) is 9.39. The lowest BCUT2D eigenvalue weighted by molar-refractivity contribution is -0.161. The molecule has 0 spiro atoms. The van der Waals surface area contributed by atoms with E-state index in [0.29, 0.717) is 0 Å². The number of likely N-dealkylation sites (tertiary alicyclic amines) is 1. The average molecular weight is 335 g/mol. The molecule has 2 aliphatic rings. The van der Waals surface area contributed by atoms with E-state index in [4.69, 9.17) is 0 Å². The van der Waals surface area contributed by atoms with Crippen molar-refractivity contribution in [2.24, 2.45) is 11.3 Å². The summed E-state index contributed by atoms with van der Waals surface area (Å²) < 4.78 is 0. The number of piperidine rings is 1. The predicted molar refractivity (Wildman–Crippen MR) is 97.3 cm³/mol. The van der Waals surface area contributed by atoms with Crippen LogP contribution in [-0.2, 0) is 9.59 Å². The first-order valence-electron chi connectivity index (χ1n) is 9.39. The Balaban J connectivity index is 2.33. The van der Waals surface area contributed by atoms with E-state index in [-0.39, 0.29) is 28.7 Å². The summed E-state index contributed by atoms with van der Waals surface area (Å²) >= 11 is 0. The number of allylic oxidation sites excluding steroid dienone is 2. The molecule has 1 saturated heterocycles. The number of carbonyl (C=O) groups excluding carboxylic acids is 2. The third-order valence-corrected chi connectivity index (χ3v) is 5.59. The van der Waals surface area contributed by atoms with Gasteiger partial charge in [-0.15, -0.1) is 0 Å². The maximum absolute atomic E-state index is 13.2. The molecule has 0 bridgehead atoms. The van der Waals surface area contributed by atoms with Crippen LogP contribution in [0.3, 0.4) is 0 Å². The largest absolute Gasteiger partial charge is 0.328 e. The Kier molecular flexibility index (Phi) is 5.46. The molecule has 1 heterocycles. The number of amides is 2. The highest BCUT2D eigenvalue weighted by Gasteiger charge is 2.51. The van der Waals surface area contributed by atoms with E-state index in [1.807, 2.05) is 18.7 Å². The zero-order valence-electron chi connectivity index (χ0n) is 16.2. The lowest BCUT2D eigenvalue weighted by Crippen LogP contribution is -2.66. The highest BCUT2D eigenvalue weighted by molar-refractivity contribution is 5.90. The fourth-order valence-corrected chi connectivity index (χ4v) is 3.94. The maximum atomic E-state index is 13.2. The second kappa shape index (κ2) is 6.89. The van der Waals surface area contributed by atoms with Crippen molar-refractivity contribution < 1.29 is 9.59 Å². The molecule has 0 aromatic carbocycles. The molecular weight excluding hydrogens is 300 g/mol. The Hall–Kier alpha value is -1.32. The molecule has 4 nitrogen and oxygen atoms in total. The Bertz CT molecular complexity index is 532. The molecule has 1 unspecified atom stereocenters. The highest BCUT2D eigenvalue weighted by Crippen LogP contribution is 2.43. The smallest absolute Gasteiger partial charge is 0.247 e. The van der Waals surface area contributed by atoms with Crippen LogP contribution >= 0.6 is 0 Å². The zero-order valence-corrected chi connectivity index (χ0v) is 16.2. The Morgan fingerprint density at radius 1 is 1.17 bits per heavy atom. The molecule has 136 valence electrons. The van der Waals surface area contributed by atoms with Crippen LogP contribution in [0.1, 0.15) is 80.1 Å². The van der Waals surface area contributed by atoms with Crippen LogP contribution in [0, 0.1) is 11.3 Å². The third-order valence-electron chi connectivity index (χ3n) is 5.59. The van der Waals surface area contributed by atoms with Gasteiger partial charge in [-0.2, -0.15) is 0 Å². The van der Waals surface area contributed by atoms with Gasteiger partial charge < -0.3 is 10.2 Å². The van der Waals surface area contributed by atoms with Crippen molar-refractivity contribution in [1.29, 1.82) is 0 Å². The standard InChI is InChI=1S/C20H34N2O2/c1-14(2)18(24)22-16(19(3,4)12-13-20(22,5)6)17(23)21-15-10-8-7-9-11-15/h10,14,16H,7-9,11-13H2,1-6H3,(H,21,23). The van der Waals surface area contributed by atoms with Gasteiger partial charge in [-0.25, -0.2) is 0 Å². The van der Waals surface area contributed by atoms with Gasteiger partial charge >= 0.3 is 0 Å². The molecule has 24 heavy (non-hydrogen) atoms. The van der Waals surface area contributed by atoms with Gasteiger partial charge in [-0.05, 0) is 57.8 Å². The van der Waals surface area contributed by atoms with E-state index < -0.39 is 6.04 Å². The van der Waals surface area contributed by atoms with Crippen molar-refractivity contribution in [1.82, 2.24) is 10.2 Å². The molecule has 0 aromatic heterocycles. The van der Waals surface area contributed by atoms with E-state index in [9.17, 15) is 9.59 Å². The van der Waals surface area contributed by atoms with Gasteiger partial charge in [0.2, 0.25) is 11.8 Å². The number of carbonyl (C=O) groups is 2. The molecule has 4 heteroatoms. The second-order valence-corrected chi connectivity index (χ2v) is 9.03. The predicted octanol–water partition coefficient (Wildman–Crippen LogP) is 4.01. The van der Waals surface area contributed by atoms with Gasteiger partial charge in [0, 0.05) is 17.2 Å². The molecular formula is C20H34N2O2. The summed E-state index contributed by atoms with van der Waals surface area (Å²) in [4.78, 5) is 28.0. The van der Waals surface area contributed by atoms with Crippen LogP contribution in [-0.4, -0.2) is 28.3 Å². The van der Waals surface area contributed by atoms with Crippen LogP contribution < -0.4 is 5.32 Å². The lowest BCUT2D eigenvalue weighted by atomic mass is 9.69. The van der Waals surface area contributed by atoms with Crippen molar-refractivity contribution in [2.45, 2.75) is 91.6 Å². The SMILES string of the molecule is CC(C)C(=O)N1C(C(=O)NC2=CCCCC2)C(C)(C)CCC1(C)C. The minimum atomic E-state index is -0.418. The topological polar surface area (TPSA) is 49.4 Å². The van der Waals surface area contributed by atoms with Gasteiger partial charge in [0.1, 0.15) is 6.04 Å². The normalized spacial score (nSPS) is 26.0. The molecule has 1 fully saturated rings. The maximum Gasteiger partial charge on any atom is 0.247 e. The quantitative estimate of drug-likeness (QED) is 0.847. The van der Waals surface area contributed by atoms with Gasteiger partial charge in [0.05, 0.1) is 0 Å². The Morgan fingerprint density at radius 3 is 2.38 bits per heavy atom. The van der Waals surface area contributed by atoms with Gasteiger partial charge in [-0.3, -0.25) is 9.59 Å². The van der Waals surface area contributed by atoms with E-state index in [0.717, 1.165) is 37.8 Å². The minimum absolute atomic E-state index is 0.0186. The van der Waals surface area contributed by atoms with Gasteiger partial charge in [-0.1, -0.05) is 33.8 Å². The van der Waals surface area contributed by atoms with E-state index in [2.05, 4.69) is 39.1 Å². The molecule has 2 amide bonds. The Labute approximate surface area is 147 Å². The molecule has 0 radical (unpaired) electrons. The van der Waals surface area contributed by atoms with Crippen molar-refractivity contribution >= 4 is 11.8 Å². The first-order chi connectivity index (χ1) is 11.1. The number of rotatable bonds is 3. The van der Waals surface area contributed by atoms with Crippen LogP contribution in [0.2, 0.25) is 0 Å². The average Bonchev–Trinajstić information content (AvgIpc) is 2.49. The van der Waals surface area contributed by atoms with Crippen molar-refractivity contribution in [3.8, 4) is 0 Å². The van der Waals surface area contributed by atoms with E-state index in [1.165, 1.54) is 6.42 Å². The summed E-state index contributed by atoms with van der Waals surface area (Å²) in [5, 5.41) is 3.13. The molecule has 0 aromatic rings.